The van der Waals surface area contributed by atoms with Crippen molar-refractivity contribution in [3.63, 3.8) is 0 Å². The predicted octanol–water partition coefficient (Wildman–Crippen LogP) is 2.07. The highest BCUT2D eigenvalue weighted by molar-refractivity contribution is 5.95. The summed E-state index contributed by atoms with van der Waals surface area (Å²) in [7, 11) is 3.18. The Morgan fingerprint density at radius 3 is 2.41 bits per heavy atom. The Morgan fingerprint density at radius 1 is 1.41 bits per heavy atom. The maximum atomic E-state index is 11.9. The van der Waals surface area contributed by atoms with Gasteiger partial charge in [-0.15, -0.1) is 0 Å². The first kappa shape index (κ1) is 13.5. The van der Waals surface area contributed by atoms with Gasteiger partial charge in [-0.2, -0.15) is 0 Å². The van der Waals surface area contributed by atoms with Gasteiger partial charge in [0.1, 0.15) is 5.75 Å². The third-order valence-corrected chi connectivity index (χ3v) is 2.75. The highest BCUT2D eigenvalue weighted by atomic mass is 16.5. The number of hydrazine groups is 1. The molecule has 0 saturated heterocycles. The van der Waals surface area contributed by atoms with Gasteiger partial charge in [0.15, 0.2) is 0 Å². The van der Waals surface area contributed by atoms with Crippen molar-refractivity contribution in [2.75, 3.05) is 14.2 Å². The van der Waals surface area contributed by atoms with Crippen molar-refractivity contribution in [1.29, 1.82) is 0 Å². The molecule has 0 aliphatic heterocycles. The van der Waals surface area contributed by atoms with E-state index in [-0.39, 0.29) is 5.91 Å². The van der Waals surface area contributed by atoms with Crippen LogP contribution >= 0.6 is 0 Å². The van der Waals surface area contributed by atoms with Crippen LogP contribution in [0.2, 0.25) is 0 Å². The van der Waals surface area contributed by atoms with Gasteiger partial charge in [-0.3, -0.25) is 9.80 Å². The van der Waals surface area contributed by atoms with Crippen LogP contribution in [-0.2, 0) is 0 Å². The van der Waals surface area contributed by atoms with Crippen LogP contribution in [0.4, 0.5) is 0 Å². The molecular formula is C13H20N2O2. The van der Waals surface area contributed by atoms with Crippen LogP contribution in [0.15, 0.2) is 12.1 Å². The van der Waals surface area contributed by atoms with Crippen LogP contribution in [0.25, 0.3) is 0 Å². The normalized spacial score (nSPS) is 10.5. The molecule has 0 spiro atoms. The second-order valence-electron chi connectivity index (χ2n) is 4.48. The number of carbonyl (C=O) groups is 1. The van der Waals surface area contributed by atoms with Gasteiger partial charge in [0, 0.05) is 12.6 Å². The lowest BCUT2D eigenvalue weighted by Gasteiger charge is -2.17. The van der Waals surface area contributed by atoms with E-state index in [1.165, 1.54) is 0 Å². The molecule has 17 heavy (non-hydrogen) atoms. The summed E-state index contributed by atoms with van der Waals surface area (Å²) in [6.07, 6.45) is 0. The van der Waals surface area contributed by atoms with Gasteiger partial charge < -0.3 is 4.74 Å². The minimum Gasteiger partial charge on any atom is -0.496 e. The molecule has 0 radical (unpaired) electrons. The maximum Gasteiger partial charge on any atom is 0.267 e. The van der Waals surface area contributed by atoms with Crippen LogP contribution in [0.1, 0.15) is 41.3 Å². The standard InChI is InChI=1S/C13H20N2O2/c1-8(2)10-7-11(13(16)15(4)14)9(3)6-12(10)17-5/h6-8H,14H2,1-5H3. The lowest BCUT2D eigenvalue weighted by Crippen LogP contribution is -2.33. The third-order valence-electron chi connectivity index (χ3n) is 2.75. The first-order chi connectivity index (χ1) is 7.88. The first-order valence-electron chi connectivity index (χ1n) is 5.59. The summed E-state index contributed by atoms with van der Waals surface area (Å²) >= 11 is 0. The number of nitrogens with two attached hydrogens (primary N) is 1. The van der Waals surface area contributed by atoms with Crippen LogP contribution < -0.4 is 10.6 Å². The van der Waals surface area contributed by atoms with Crippen LogP contribution in [0.5, 0.6) is 5.75 Å². The van der Waals surface area contributed by atoms with Gasteiger partial charge in [0.25, 0.3) is 5.91 Å². The molecular weight excluding hydrogens is 216 g/mol. The molecule has 1 aromatic rings. The Balaban J connectivity index is 3.34. The topological polar surface area (TPSA) is 55.6 Å². The van der Waals surface area contributed by atoms with E-state index in [2.05, 4.69) is 13.8 Å². The Kier molecular flexibility index (Phi) is 4.12. The number of hydrogen-bond acceptors (Lipinski definition) is 3. The quantitative estimate of drug-likeness (QED) is 0.496. The number of ether oxygens (including phenoxy) is 1. The summed E-state index contributed by atoms with van der Waals surface area (Å²) in [5, 5.41) is 1.10. The number of methoxy groups -OCH3 is 1. The summed E-state index contributed by atoms with van der Waals surface area (Å²) in [4.78, 5) is 11.9. The molecule has 0 saturated carbocycles. The monoisotopic (exact) mass is 236 g/mol. The van der Waals surface area contributed by atoms with Crippen molar-refractivity contribution in [1.82, 2.24) is 5.01 Å². The number of benzene rings is 1. The second-order valence-corrected chi connectivity index (χ2v) is 4.48. The average molecular weight is 236 g/mol. The molecule has 0 unspecified atom stereocenters. The first-order valence-corrected chi connectivity index (χ1v) is 5.59. The summed E-state index contributed by atoms with van der Waals surface area (Å²) in [6.45, 7) is 6.00. The molecule has 4 nitrogen and oxygen atoms in total. The van der Waals surface area contributed by atoms with Crippen molar-refractivity contribution in [2.45, 2.75) is 26.7 Å². The predicted molar refractivity (Wildman–Crippen MR) is 68.1 cm³/mol. The molecule has 0 atom stereocenters. The zero-order valence-electron chi connectivity index (χ0n) is 11.1. The molecule has 0 aromatic heterocycles. The highest BCUT2D eigenvalue weighted by Gasteiger charge is 2.17. The summed E-state index contributed by atoms with van der Waals surface area (Å²) in [5.74, 6) is 6.40. The highest BCUT2D eigenvalue weighted by Crippen LogP contribution is 2.29. The fourth-order valence-corrected chi connectivity index (χ4v) is 1.75. The van der Waals surface area contributed by atoms with E-state index in [4.69, 9.17) is 10.6 Å². The molecule has 94 valence electrons. The summed E-state index contributed by atoms with van der Waals surface area (Å²) < 4.78 is 5.33. The Bertz CT molecular complexity index is 426. The van der Waals surface area contributed by atoms with Crippen LogP contribution in [-0.4, -0.2) is 25.1 Å². The molecule has 1 aromatic carbocycles. The van der Waals surface area contributed by atoms with E-state index >= 15 is 0 Å². The number of carbonyl (C=O) groups excluding carboxylic acids is 1. The molecule has 0 aliphatic rings. The number of amides is 1. The SMILES string of the molecule is COc1cc(C)c(C(=O)N(C)N)cc1C(C)C. The fraction of sp³-hybridized carbons (Fsp3) is 0.462. The molecule has 1 amide bonds. The van der Waals surface area contributed by atoms with Gasteiger partial charge in [-0.1, -0.05) is 13.8 Å². The largest absolute Gasteiger partial charge is 0.496 e. The second kappa shape index (κ2) is 5.19. The van der Waals surface area contributed by atoms with E-state index in [0.29, 0.717) is 11.5 Å². The molecule has 0 aliphatic carbocycles. The fourth-order valence-electron chi connectivity index (χ4n) is 1.75. The summed E-state index contributed by atoms with van der Waals surface area (Å²) in [5.41, 5.74) is 2.51. The lowest BCUT2D eigenvalue weighted by atomic mass is 9.96. The van der Waals surface area contributed by atoms with E-state index in [0.717, 1.165) is 21.9 Å². The molecule has 4 heteroatoms. The number of aryl methyl sites for hydroxylation is 1. The van der Waals surface area contributed by atoms with Crippen molar-refractivity contribution in [2.24, 2.45) is 5.84 Å². The van der Waals surface area contributed by atoms with Crippen LogP contribution in [0, 0.1) is 6.92 Å². The minimum atomic E-state index is -0.188. The van der Waals surface area contributed by atoms with Gasteiger partial charge in [-0.05, 0) is 36.1 Å². The van der Waals surface area contributed by atoms with Crippen molar-refractivity contribution >= 4 is 5.91 Å². The lowest BCUT2D eigenvalue weighted by molar-refractivity contribution is 0.0794. The maximum absolute atomic E-state index is 11.9. The van der Waals surface area contributed by atoms with Crippen molar-refractivity contribution < 1.29 is 9.53 Å². The molecule has 2 N–H and O–H groups in total. The molecule has 1 rings (SSSR count). The minimum absolute atomic E-state index is 0.188. The smallest absolute Gasteiger partial charge is 0.267 e. The molecule has 0 heterocycles. The molecule has 0 bridgehead atoms. The Morgan fingerprint density at radius 2 is 2.00 bits per heavy atom. The average Bonchev–Trinajstić information content (AvgIpc) is 2.27. The Labute approximate surface area is 102 Å². The zero-order chi connectivity index (χ0) is 13.2. The zero-order valence-corrected chi connectivity index (χ0v) is 11.1. The molecule has 0 fully saturated rings. The third kappa shape index (κ3) is 2.77. The van der Waals surface area contributed by atoms with Gasteiger partial charge >= 0.3 is 0 Å². The van der Waals surface area contributed by atoms with Crippen LogP contribution in [0.3, 0.4) is 0 Å². The van der Waals surface area contributed by atoms with Gasteiger partial charge in [0.05, 0.1) is 7.11 Å². The number of hydrogen-bond donors (Lipinski definition) is 1. The van der Waals surface area contributed by atoms with Gasteiger partial charge in [-0.25, -0.2) is 5.84 Å². The van der Waals surface area contributed by atoms with E-state index in [1.807, 2.05) is 19.1 Å². The Hall–Kier alpha value is -1.55. The summed E-state index contributed by atoms with van der Waals surface area (Å²) in [6, 6.07) is 3.75. The van der Waals surface area contributed by atoms with E-state index in [9.17, 15) is 4.79 Å². The van der Waals surface area contributed by atoms with Gasteiger partial charge in [0.2, 0.25) is 0 Å². The van der Waals surface area contributed by atoms with Crippen molar-refractivity contribution in [3.8, 4) is 5.75 Å². The van der Waals surface area contributed by atoms with E-state index in [1.54, 1.807) is 14.2 Å². The number of nitrogens with zero attached hydrogens (tertiary/aromatic N) is 1. The van der Waals surface area contributed by atoms with E-state index < -0.39 is 0 Å². The number of rotatable bonds is 3. The van der Waals surface area contributed by atoms with Crippen molar-refractivity contribution in [3.05, 3.63) is 28.8 Å².